The maximum Gasteiger partial charge on any atom is 0.268 e. The smallest absolute Gasteiger partial charge is 0.268 e. The van der Waals surface area contributed by atoms with Gasteiger partial charge in [0.25, 0.3) is 10.0 Å². The molecule has 0 radical (unpaired) electrons. The summed E-state index contributed by atoms with van der Waals surface area (Å²) in [4.78, 5) is 0.123. The standard InChI is InChI=1S/C16H17BrN2O3S/c1-22-15-7-6-12(17)9-16(15)23(20,21)19-10-13(18)8-11-4-2-3-5-14(11)19/h2-7,9,13H,8,10,18H2,1H3. The monoisotopic (exact) mass is 396 g/mol. The Labute approximate surface area is 144 Å². The van der Waals surface area contributed by atoms with Crippen LogP contribution >= 0.6 is 15.9 Å². The third kappa shape index (κ3) is 2.96. The van der Waals surface area contributed by atoms with Gasteiger partial charge >= 0.3 is 0 Å². The molecule has 7 heteroatoms. The van der Waals surface area contributed by atoms with Crippen LogP contribution in [0.5, 0.6) is 5.75 Å². The van der Waals surface area contributed by atoms with Crippen molar-refractivity contribution >= 4 is 31.6 Å². The Morgan fingerprint density at radius 1 is 1.26 bits per heavy atom. The fourth-order valence-electron chi connectivity index (χ4n) is 2.78. The van der Waals surface area contributed by atoms with E-state index in [1.807, 2.05) is 24.3 Å². The van der Waals surface area contributed by atoms with Gasteiger partial charge in [0.2, 0.25) is 0 Å². The molecular formula is C16H17BrN2O3S. The summed E-state index contributed by atoms with van der Waals surface area (Å²) in [7, 11) is -2.32. The molecule has 0 fully saturated rings. The van der Waals surface area contributed by atoms with Crippen LogP contribution < -0.4 is 14.8 Å². The third-order valence-corrected chi connectivity index (χ3v) is 6.13. The van der Waals surface area contributed by atoms with Crippen molar-refractivity contribution in [3.63, 3.8) is 0 Å². The van der Waals surface area contributed by atoms with E-state index in [9.17, 15) is 8.42 Å². The van der Waals surface area contributed by atoms with E-state index >= 15 is 0 Å². The predicted octanol–water partition coefficient (Wildman–Crippen LogP) is 2.54. The molecule has 1 unspecified atom stereocenters. The average molecular weight is 397 g/mol. The maximum absolute atomic E-state index is 13.2. The van der Waals surface area contributed by atoms with E-state index < -0.39 is 10.0 Å². The molecule has 122 valence electrons. The summed E-state index contributed by atoms with van der Waals surface area (Å²) in [6.07, 6.45) is 0.664. The van der Waals surface area contributed by atoms with Crippen molar-refractivity contribution in [2.75, 3.05) is 18.0 Å². The van der Waals surface area contributed by atoms with Crippen LogP contribution in [0.15, 0.2) is 51.8 Å². The molecule has 1 aliphatic heterocycles. The number of fused-ring (bicyclic) bond motifs is 1. The van der Waals surface area contributed by atoms with Gasteiger partial charge in [-0.2, -0.15) is 0 Å². The van der Waals surface area contributed by atoms with Gasteiger partial charge in [0.1, 0.15) is 10.6 Å². The van der Waals surface area contributed by atoms with Crippen LogP contribution in [0.1, 0.15) is 5.56 Å². The zero-order valence-electron chi connectivity index (χ0n) is 12.6. The van der Waals surface area contributed by atoms with Crippen molar-refractivity contribution in [3.8, 4) is 5.75 Å². The second-order valence-corrected chi connectivity index (χ2v) is 8.17. The molecule has 0 aliphatic carbocycles. The quantitative estimate of drug-likeness (QED) is 0.864. The summed E-state index contributed by atoms with van der Waals surface area (Å²) >= 11 is 3.32. The fraction of sp³-hybridized carbons (Fsp3) is 0.250. The number of rotatable bonds is 3. The Bertz CT molecular complexity index is 839. The number of para-hydroxylation sites is 1. The molecule has 0 spiro atoms. The lowest BCUT2D eigenvalue weighted by Crippen LogP contribution is -2.46. The molecule has 3 rings (SSSR count). The Hall–Kier alpha value is -1.57. The van der Waals surface area contributed by atoms with Crippen LogP contribution in [-0.4, -0.2) is 28.1 Å². The van der Waals surface area contributed by atoms with Gasteiger partial charge < -0.3 is 10.5 Å². The molecule has 0 aromatic heterocycles. The van der Waals surface area contributed by atoms with E-state index in [-0.39, 0.29) is 17.5 Å². The number of nitrogens with zero attached hydrogens (tertiary/aromatic N) is 1. The van der Waals surface area contributed by atoms with Crippen molar-refractivity contribution in [1.82, 2.24) is 0 Å². The first-order valence-electron chi connectivity index (χ1n) is 7.13. The van der Waals surface area contributed by atoms with E-state index in [2.05, 4.69) is 15.9 Å². The molecule has 0 saturated carbocycles. The van der Waals surface area contributed by atoms with Crippen LogP contribution in [0.3, 0.4) is 0 Å². The minimum atomic E-state index is -3.78. The molecule has 1 aliphatic rings. The lowest BCUT2D eigenvalue weighted by Gasteiger charge is -2.34. The number of halogens is 1. The van der Waals surface area contributed by atoms with Crippen molar-refractivity contribution in [2.24, 2.45) is 5.73 Å². The van der Waals surface area contributed by atoms with Gasteiger partial charge in [-0.15, -0.1) is 0 Å². The summed E-state index contributed by atoms with van der Waals surface area (Å²) in [5.41, 5.74) is 7.68. The normalized spacial score (nSPS) is 17.7. The number of sulfonamides is 1. The first-order valence-corrected chi connectivity index (χ1v) is 9.36. The van der Waals surface area contributed by atoms with E-state index in [1.165, 1.54) is 11.4 Å². The van der Waals surface area contributed by atoms with E-state index in [0.717, 1.165) is 5.56 Å². The molecule has 1 heterocycles. The molecule has 5 nitrogen and oxygen atoms in total. The Morgan fingerprint density at radius 3 is 2.74 bits per heavy atom. The van der Waals surface area contributed by atoms with Crippen LogP contribution in [-0.2, 0) is 16.4 Å². The maximum atomic E-state index is 13.2. The molecule has 2 aromatic rings. The van der Waals surface area contributed by atoms with Gasteiger partial charge in [0, 0.05) is 17.1 Å². The third-order valence-electron chi connectivity index (χ3n) is 3.84. The summed E-state index contributed by atoms with van der Waals surface area (Å²) in [5, 5.41) is 0. The van der Waals surface area contributed by atoms with Crippen molar-refractivity contribution in [1.29, 1.82) is 0 Å². The largest absolute Gasteiger partial charge is 0.495 e. The lowest BCUT2D eigenvalue weighted by atomic mass is 10.0. The number of ether oxygens (including phenoxy) is 1. The van der Waals surface area contributed by atoms with Crippen LogP contribution in [0, 0.1) is 0 Å². The fourth-order valence-corrected chi connectivity index (χ4v) is 5.04. The molecule has 23 heavy (non-hydrogen) atoms. The number of hydrogen-bond donors (Lipinski definition) is 1. The molecule has 2 aromatic carbocycles. The van der Waals surface area contributed by atoms with Gasteiger partial charge in [0.05, 0.1) is 12.8 Å². The number of hydrogen-bond acceptors (Lipinski definition) is 4. The predicted molar refractivity (Wildman–Crippen MR) is 93.3 cm³/mol. The van der Waals surface area contributed by atoms with E-state index in [1.54, 1.807) is 18.2 Å². The minimum absolute atomic E-state index is 0.123. The highest BCUT2D eigenvalue weighted by molar-refractivity contribution is 9.10. The number of benzene rings is 2. The second kappa shape index (κ2) is 6.14. The molecule has 0 amide bonds. The highest BCUT2D eigenvalue weighted by Gasteiger charge is 2.33. The molecule has 0 saturated heterocycles. The second-order valence-electron chi connectivity index (χ2n) is 5.42. The Kier molecular flexibility index (Phi) is 4.35. The topological polar surface area (TPSA) is 72.6 Å². The summed E-state index contributed by atoms with van der Waals surface area (Å²) in [6.45, 7) is 0.245. The van der Waals surface area contributed by atoms with Crippen LogP contribution in [0.25, 0.3) is 0 Å². The average Bonchev–Trinajstić information content (AvgIpc) is 2.54. The van der Waals surface area contributed by atoms with Crippen LogP contribution in [0.2, 0.25) is 0 Å². The first kappa shape index (κ1) is 16.3. The van der Waals surface area contributed by atoms with Crippen molar-refractivity contribution in [3.05, 3.63) is 52.5 Å². The van der Waals surface area contributed by atoms with Crippen molar-refractivity contribution < 1.29 is 13.2 Å². The Balaban J connectivity index is 2.16. The summed E-state index contributed by atoms with van der Waals surface area (Å²) in [5.74, 6) is 0.310. The Morgan fingerprint density at radius 2 is 2.00 bits per heavy atom. The number of methoxy groups -OCH3 is 1. The van der Waals surface area contributed by atoms with Gasteiger partial charge in [-0.25, -0.2) is 8.42 Å². The van der Waals surface area contributed by atoms with Gasteiger partial charge in [-0.1, -0.05) is 34.1 Å². The SMILES string of the molecule is COc1ccc(Br)cc1S(=O)(=O)N1CC(N)Cc2ccccc21. The number of nitrogens with two attached hydrogens (primary N) is 1. The van der Waals surface area contributed by atoms with Gasteiger partial charge in [0.15, 0.2) is 0 Å². The van der Waals surface area contributed by atoms with E-state index in [4.69, 9.17) is 10.5 Å². The van der Waals surface area contributed by atoms with Gasteiger partial charge in [-0.3, -0.25) is 4.31 Å². The highest BCUT2D eigenvalue weighted by atomic mass is 79.9. The molecule has 1 atom stereocenters. The van der Waals surface area contributed by atoms with Crippen LogP contribution in [0.4, 0.5) is 5.69 Å². The zero-order chi connectivity index (χ0) is 16.6. The summed E-state index contributed by atoms with van der Waals surface area (Å²) in [6, 6.07) is 12.1. The highest BCUT2D eigenvalue weighted by Crippen LogP contribution is 2.35. The van der Waals surface area contributed by atoms with Crippen molar-refractivity contribution in [2.45, 2.75) is 17.4 Å². The zero-order valence-corrected chi connectivity index (χ0v) is 15.0. The molecule has 2 N–H and O–H groups in total. The number of anilines is 1. The molecule has 0 bridgehead atoms. The first-order chi connectivity index (χ1) is 10.9. The van der Waals surface area contributed by atoms with E-state index in [0.29, 0.717) is 22.3 Å². The molecular weight excluding hydrogens is 380 g/mol. The van der Waals surface area contributed by atoms with Gasteiger partial charge in [-0.05, 0) is 36.2 Å². The summed E-state index contributed by atoms with van der Waals surface area (Å²) < 4.78 is 33.7. The minimum Gasteiger partial charge on any atom is -0.495 e. The lowest BCUT2D eigenvalue weighted by molar-refractivity contribution is 0.402.